The van der Waals surface area contributed by atoms with Gasteiger partial charge >= 0.3 is 99.8 Å². The van der Waals surface area contributed by atoms with E-state index in [4.69, 9.17) is 0 Å². The summed E-state index contributed by atoms with van der Waals surface area (Å²) in [7, 11) is 0. The summed E-state index contributed by atoms with van der Waals surface area (Å²) >= 11 is 0.0358. The van der Waals surface area contributed by atoms with Gasteiger partial charge in [0.25, 0.3) is 0 Å². The molecule has 0 spiro atoms. The molecule has 1 unspecified atom stereocenters. The van der Waals surface area contributed by atoms with Gasteiger partial charge in [0, 0.05) is 31.0 Å². The number of benzene rings is 4. The second-order valence-corrected chi connectivity index (χ2v) is 25.1. The maximum Gasteiger partial charge on any atom is 0 e. The molecule has 1 radical (unpaired) electrons. The first-order valence-corrected chi connectivity index (χ1v) is 24.3. The average molecular weight is 888 g/mol. The molecule has 0 bridgehead atoms. The molecule has 3 aromatic heterocycles. The van der Waals surface area contributed by atoms with Gasteiger partial charge in [-0.1, -0.05) is 62.1 Å². The van der Waals surface area contributed by atoms with Gasteiger partial charge in [-0.05, 0) is 63.0 Å². The summed E-state index contributed by atoms with van der Waals surface area (Å²) in [4.78, 5) is 9.21. The maximum absolute atomic E-state index is 13.7. The van der Waals surface area contributed by atoms with Gasteiger partial charge in [0.05, 0.1) is 0 Å². The summed E-state index contributed by atoms with van der Waals surface area (Å²) in [5.74, 6) is 7.97. The zero-order valence-corrected chi connectivity index (χ0v) is 33.4. The number of thiophene rings is 1. The normalized spacial score (nSPS) is 12.0. The largest absolute Gasteiger partial charge is 0 e. The van der Waals surface area contributed by atoms with E-state index in [1.807, 2.05) is 48.8 Å². The molecule has 0 aliphatic rings. The summed E-state index contributed by atoms with van der Waals surface area (Å²) in [5.41, 5.74) is 7.31. The Kier molecular flexibility index (Phi) is 11.5. The molecule has 48 heavy (non-hydrogen) atoms. The van der Waals surface area contributed by atoms with Gasteiger partial charge in [-0.25, -0.2) is 4.39 Å². The number of halogens is 1. The van der Waals surface area contributed by atoms with Crippen LogP contribution in [0.1, 0.15) is 32.3 Å². The van der Waals surface area contributed by atoms with Gasteiger partial charge in [0.1, 0.15) is 5.82 Å². The van der Waals surface area contributed by atoms with Crippen molar-refractivity contribution in [2.24, 2.45) is 5.92 Å². The van der Waals surface area contributed by atoms with Crippen LogP contribution in [0.3, 0.4) is 0 Å². The Labute approximate surface area is 304 Å². The first-order chi connectivity index (χ1) is 22.6. The predicted octanol–water partition coefficient (Wildman–Crippen LogP) is 11.6. The number of hydrogen-bond acceptors (Lipinski definition) is 3. The first-order valence-electron chi connectivity index (χ1n) is 16.1. The minimum Gasteiger partial charge on any atom is 0 e. The fourth-order valence-corrected chi connectivity index (χ4v) is 9.00. The molecule has 0 fully saturated rings. The van der Waals surface area contributed by atoms with Gasteiger partial charge in [-0.2, -0.15) is 11.3 Å². The number of nitrogens with zero attached hydrogens (tertiary/aromatic N) is 2. The van der Waals surface area contributed by atoms with E-state index < -0.39 is 13.3 Å². The molecule has 0 aliphatic carbocycles. The third kappa shape index (κ3) is 8.03. The number of pyridine rings is 2. The number of hydrogen-bond donors (Lipinski definition) is 0. The fourth-order valence-electron chi connectivity index (χ4n) is 5.58. The van der Waals surface area contributed by atoms with Crippen molar-refractivity contribution >= 4 is 49.2 Å². The van der Waals surface area contributed by atoms with Crippen LogP contribution in [0.4, 0.5) is 4.39 Å². The second kappa shape index (κ2) is 15.4. The van der Waals surface area contributed by atoms with Crippen LogP contribution in [0.2, 0.25) is 17.3 Å². The van der Waals surface area contributed by atoms with Crippen LogP contribution in [0.5, 0.6) is 0 Å². The Balaban J connectivity index is 0.000000224. The van der Waals surface area contributed by atoms with E-state index in [2.05, 4.69) is 109 Å². The Morgan fingerprint density at radius 1 is 0.729 bits per heavy atom. The van der Waals surface area contributed by atoms with Gasteiger partial charge in [0.15, 0.2) is 0 Å². The zero-order chi connectivity index (χ0) is 33.1. The Bertz CT molecular complexity index is 2140. The van der Waals surface area contributed by atoms with E-state index in [0.717, 1.165) is 33.6 Å². The Morgan fingerprint density at radius 3 is 2.23 bits per heavy atom. The quantitative estimate of drug-likeness (QED) is 0.123. The van der Waals surface area contributed by atoms with E-state index in [1.165, 1.54) is 36.2 Å². The third-order valence-electron chi connectivity index (χ3n) is 8.77. The molecular weight excluding hydrogens is 848 g/mol. The minimum absolute atomic E-state index is 0. The molecule has 0 aliphatic heterocycles. The minimum atomic E-state index is -1.72. The van der Waals surface area contributed by atoms with Crippen LogP contribution in [-0.2, 0) is 20.1 Å². The van der Waals surface area contributed by atoms with Crippen LogP contribution in [0.25, 0.3) is 53.8 Å². The van der Waals surface area contributed by atoms with Crippen molar-refractivity contribution in [2.75, 3.05) is 0 Å². The van der Waals surface area contributed by atoms with Crippen LogP contribution < -0.4 is 4.40 Å². The topological polar surface area (TPSA) is 25.8 Å². The molecule has 4 aromatic carbocycles. The summed E-state index contributed by atoms with van der Waals surface area (Å²) < 4.78 is 17.5. The predicted molar refractivity (Wildman–Crippen MR) is 202 cm³/mol. The molecule has 0 saturated carbocycles. The van der Waals surface area contributed by atoms with E-state index in [-0.39, 0.29) is 25.9 Å². The molecule has 0 amide bonds. The van der Waals surface area contributed by atoms with Crippen molar-refractivity contribution in [3.8, 4) is 33.6 Å². The maximum atomic E-state index is 13.7. The molecule has 7 rings (SSSR count). The zero-order valence-electron chi connectivity index (χ0n) is 28.1. The summed E-state index contributed by atoms with van der Waals surface area (Å²) in [5, 5.41) is 2.42. The summed E-state index contributed by atoms with van der Waals surface area (Å²) in [6.07, 6.45) is 3.95. The first kappa shape index (κ1) is 35.8. The van der Waals surface area contributed by atoms with Crippen molar-refractivity contribution in [2.45, 2.75) is 44.0 Å². The molecule has 2 nitrogen and oxygen atoms in total. The fraction of sp³-hybridized carbons (Fsp3) is 0.190. The number of rotatable bonds is 6. The van der Waals surface area contributed by atoms with Crippen molar-refractivity contribution in [3.63, 3.8) is 0 Å². The standard InChI is InChI=1S/C28H23FNS.C14H16GeN.Ir/c1-17(2)18(3)19-12-13-30-26(15-19)25-9-5-8-24-23-11-10-21(16-27(23)31-28(24)25)20-6-4-7-22(29)14-20;1-15(2,3)13-9-10-14(16-11-13)12-7-5-4-6-8-12;/h4-8,10-18H,1-3H3;4-7,9-11H,1-3H3;/q2*-1;. The van der Waals surface area contributed by atoms with Crippen molar-refractivity contribution < 1.29 is 24.5 Å². The van der Waals surface area contributed by atoms with Gasteiger partial charge < -0.3 is 4.98 Å². The Hall–Kier alpha value is -3.48. The van der Waals surface area contributed by atoms with Crippen molar-refractivity contribution in [1.29, 1.82) is 0 Å². The molecular formula is C42H39FGeIrN2S-2. The third-order valence-corrected chi connectivity index (χ3v) is 14.2. The van der Waals surface area contributed by atoms with Gasteiger partial charge in [-0.15, -0.1) is 23.8 Å². The summed E-state index contributed by atoms with van der Waals surface area (Å²) in [6, 6.07) is 40.5. The SMILES string of the molecule is CC(C)C(C)c1ccnc(-c2[c-]ccc3c2sc2cc(-c4cccc(F)c4)ccc23)c1.[CH3][Ge]([CH3])([CH3])[c]1ccc(-c2[c-]cccc2)nc1.[Ir]. The molecule has 0 saturated heterocycles. The van der Waals surface area contributed by atoms with E-state index in [0.29, 0.717) is 11.8 Å². The van der Waals surface area contributed by atoms with E-state index in [1.54, 1.807) is 23.5 Å². The van der Waals surface area contributed by atoms with Crippen LogP contribution >= 0.6 is 11.3 Å². The van der Waals surface area contributed by atoms with Gasteiger partial charge in [-0.3, -0.25) is 0 Å². The second-order valence-electron chi connectivity index (χ2n) is 13.4. The van der Waals surface area contributed by atoms with Crippen LogP contribution in [0.15, 0.2) is 116 Å². The molecule has 1 atom stereocenters. The van der Waals surface area contributed by atoms with Gasteiger partial charge in [0.2, 0.25) is 0 Å². The van der Waals surface area contributed by atoms with Crippen LogP contribution in [-0.4, -0.2) is 23.2 Å². The molecule has 245 valence electrons. The molecule has 6 heteroatoms. The number of aromatic nitrogens is 2. The van der Waals surface area contributed by atoms with E-state index in [9.17, 15) is 4.39 Å². The van der Waals surface area contributed by atoms with Crippen molar-refractivity contribution in [1.82, 2.24) is 9.97 Å². The molecule has 3 heterocycles. The van der Waals surface area contributed by atoms with E-state index >= 15 is 0 Å². The molecule has 0 N–H and O–H groups in total. The summed E-state index contributed by atoms with van der Waals surface area (Å²) in [6.45, 7) is 6.76. The van der Waals surface area contributed by atoms with Crippen LogP contribution in [0, 0.1) is 23.9 Å². The molecule has 7 aromatic rings. The number of fused-ring (bicyclic) bond motifs is 3. The average Bonchev–Trinajstić information content (AvgIpc) is 3.46. The Morgan fingerprint density at radius 2 is 1.54 bits per heavy atom. The van der Waals surface area contributed by atoms with Crippen molar-refractivity contribution in [3.05, 3.63) is 139 Å². The smallest absolute Gasteiger partial charge is 0 e. The monoisotopic (exact) mass is 889 g/mol.